The summed E-state index contributed by atoms with van der Waals surface area (Å²) >= 11 is 5.78. The second kappa shape index (κ2) is 8.03. The SMILES string of the molecule is CS(=O)(=O)C1CCN(C(=O)CCNS(=O)(=O)c2cccc(Cl)c2)CC1. The Bertz CT molecular complexity index is 831. The van der Waals surface area contributed by atoms with Crippen molar-refractivity contribution >= 4 is 37.4 Å². The van der Waals surface area contributed by atoms with E-state index in [1.807, 2.05) is 0 Å². The maximum atomic E-state index is 12.2. The van der Waals surface area contributed by atoms with Gasteiger partial charge in [0.2, 0.25) is 15.9 Å². The lowest BCUT2D eigenvalue weighted by Gasteiger charge is -2.31. The summed E-state index contributed by atoms with van der Waals surface area (Å²) < 4.78 is 49.7. The van der Waals surface area contributed by atoms with Gasteiger partial charge in [-0.2, -0.15) is 0 Å². The summed E-state index contributed by atoms with van der Waals surface area (Å²) in [7, 11) is -6.81. The summed E-state index contributed by atoms with van der Waals surface area (Å²) in [5, 5.41) is -0.0921. The summed E-state index contributed by atoms with van der Waals surface area (Å²) in [5.74, 6) is -0.194. The minimum atomic E-state index is -3.72. The summed E-state index contributed by atoms with van der Waals surface area (Å²) in [5.41, 5.74) is 0. The Hall–Kier alpha value is -1.16. The molecule has 0 bridgehead atoms. The van der Waals surface area contributed by atoms with Gasteiger partial charge in [0, 0.05) is 37.3 Å². The predicted octanol–water partition coefficient (Wildman–Crippen LogP) is 1.04. The number of sulfone groups is 1. The number of likely N-dealkylation sites (tertiary alicyclic amines) is 1. The van der Waals surface area contributed by atoms with Crippen molar-refractivity contribution in [3.63, 3.8) is 0 Å². The molecule has 1 fully saturated rings. The van der Waals surface area contributed by atoms with E-state index in [-0.39, 0.29) is 23.8 Å². The lowest BCUT2D eigenvalue weighted by molar-refractivity contribution is -0.131. The van der Waals surface area contributed by atoms with Gasteiger partial charge in [0.25, 0.3) is 0 Å². The maximum Gasteiger partial charge on any atom is 0.240 e. The Balaban J connectivity index is 1.83. The Kier molecular flexibility index (Phi) is 6.47. The molecule has 10 heteroatoms. The van der Waals surface area contributed by atoms with Gasteiger partial charge in [-0.1, -0.05) is 17.7 Å². The van der Waals surface area contributed by atoms with Crippen molar-refractivity contribution in [1.82, 2.24) is 9.62 Å². The minimum Gasteiger partial charge on any atom is -0.343 e. The van der Waals surface area contributed by atoms with Crippen LogP contribution in [0, 0.1) is 0 Å². The first-order valence-corrected chi connectivity index (χ1v) is 11.6. The molecule has 0 aromatic heterocycles. The first-order chi connectivity index (χ1) is 11.6. The van der Waals surface area contributed by atoms with Crippen LogP contribution in [-0.2, 0) is 24.7 Å². The fourth-order valence-corrected chi connectivity index (χ4v) is 5.10. The lowest BCUT2D eigenvalue weighted by Crippen LogP contribution is -2.43. The largest absolute Gasteiger partial charge is 0.343 e. The fourth-order valence-electron chi connectivity index (χ4n) is 2.70. The molecular formula is C15H21ClN2O5S2. The number of carbonyl (C=O) groups is 1. The van der Waals surface area contributed by atoms with Crippen LogP contribution in [0.5, 0.6) is 0 Å². The predicted molar refractivity (Wildman–Crippen MR) is 95.7 cm³/mol. The molecule has 7 nitrogen and oxygen atoms in total. The van der Waals surface area contributed by atoms with E-state index in [9.17, 15) is 21.6 Å². The maximum absolute atomic E-state index is 12.2. The third-order valence-corrected chi connectivity index (χ3v) is 7.51. The van der Waals surface area contributed by atoms with E-state index >= 15 is 0 Å². The van der Waals surface area contributed by atoms with Crippen LogP contribution in [0.4, 0.5) is 0 Å². The fraction of sp³-hybridized carbons (Fsp3) is 0.533. The van der Waals surface area contributed by atoms with Crippen molar-refractivity contribution in [3.05, 3.63) is 29.3 Å². The highest BCUT2D eigenvalue weighted by Crippen LogP contribution is 2.18. The second-order valence-electron chi connectivity index (χ2n) is 6.01. The van der Waals surface area contributed by atoms with Gasteiger partial charge in [0.1, 0.15) is 9.84 Å². The van der Waals surface area contributed by atoms with Gasteiger partial charge >= 0.3 is 0 Å². The molecule has 0 aliphatic carbocycles. The van der Waals surface area contributed by atoms with Gasteiger partial charge < -0.3 is 4.90 Å². The zero-order valence-electron chi connectivity index (χ0n) is 13.8. The molecule has 1 heterocycles. The average Bonchev–Trinajstić information content (AvgIpc) is 2.54. The van der Waals surface area contributed by atoms with Crippen LogP contribution in [0.15, 0.2) is 29.2 Å². The van der Waals surface area contributed by atoms with Crippen molar-refractivity contribution < 1.29 is 21.6 Å². The molecule has 0 saturated carbocycles. The zero-order valence-corrected chi connectivity index (χ0v) is 16.2. The summed E-state index contributed by atoms with van der Waals surface area (Å²) in [4.78, 5) is 13.8. The number of amides is 1. The number of rotatable bonds is 6. The molecule has 1 amide bonds. The van der Waals surface area contributed by atoms with Crippen molar-refractivity contribution in [1.29, 1.82) is 0 Å². The first-order valence-electron chi connectivity index (χ1n) is 7.81. The number of benzene rings is 1. The molecule has 140 valence electrons. The standard InChI is InChI=1S/C15H21ClN2O5S2/c1-24(20,21)13-6-9-18(10-7-13)15(19)5-8-17-25(22,23)14-4-2-3-12(16)11-14/h2-4,11,13,17H,5-10H2,1H3. The molecule has 1 aliphatic rings. The van der Waals surface area contributed by atoms with Crippen LogP contribution in [0.2, 0.25) is 5.02 Å². The third kappa shape index (κ3) is 5.67. The molecule has 0 unspecified atom stereocenters. The van der Waals surface area contributed by atoms with Gasteiger partial charge in [0.15, 0.2) is 0 Å². The highest BCUT2D eigenvalue weighted by atomic mass is 35.5. The molecule has 25 heavy (non-hydrogen) atoms. The lowest BCUT2D eigenvalue weighted by atomic mass is 10.1. The number of carbonyl (C=O) groups excluding carboxylic acids is 1. The summed E-state index contributed by atoms with van der Waals surface area (Å²) in [6, 6.07) is 5.87. The molecule has 1 N–H and O–H groups in total. The number of nitrogens with zero attached hydrogens (tertiary/aromatic N) is 1. The highest BCUT2D eigenvalue weighted by Gasteiger charge is 2.28. The Morgan fingerprint density at radius 1 is 1.24 bits per heavy atom. The normalized spacial score (nSPS) is 16.8. The van der Waals surface area contributed by atoms with Crippen molar-refractivity contribution in [2.24, 2.45) is 0 Å². The highest BCUT2D eigenvalue weighted by molar-refractivity contribution is 7.91. The molecule has 0 radical (unpaired) electrons. The van der Waals surface area contributed by atoms with E-state index in [1.165, 1.54) is 24.5 Å². The molecular weight excluding hydrogens is 388 g/mol. The summed E-state index contributed by atoms with van der Waals surface area (Å²) in [6.45, 7) is 0.717. The van der Waals surface area contributed by atoms with Crippen LogP contribution in [0.25, 0.3) is 0 Å². The van der Waals surface area contributed by atoms with Crippen LogP contribution < -0.4 is 4.72 Å². The van der Waals surface area contributed by atoms with Crippen molar-refractivity contribution in [2.45, 2.75) is 29.4 Å². The van der Waals surface area contributed by atoms with Crippen LogP contribution in [0.3, 0.4) is 0 Å². The molecule has 0 spiro atoms. The number of halogens is 1. The Morgan fingerprint density at radius 3 is 2.44 bits per heavy atom. The molecule has 1 aromatic rings. The number of sulfonamides is 1. The number of hydrogen-bond acceptors (Lipinski definition) is 5. The van der Waals surface area contributed by atoms with Gasteiger partial charge in [0.05, 0.1) is 10.1 Å². The second-order valence-corrected chi connectivity index (χ2v) is 10.5. The number of hydrogen-bond donors (Lipinski definition) is 1. The monoisotopic (exact) mass is 408 g/mol. The number of nitrogens with one attached hydrogen (secondary N) is 1. The molecule has 0 atom stereocenters. The van der Waals surface area contributed by atoms with Crippen LogP contribution >= 0.6 is 11.6 Å². The molecule has 1 aliphatic heterocycles. The van der Waals surface area contributed by atoms with E-state index < -0.39 is 25.1 Å². The number of piperidine rings is 1. The van der Waals surface area contributed by atoms with Crippen molar-refractivity contribution in [2.75, 3.05) is 25.9 Å². The van der Waals surface area contributed by atoms with Gasteiger partial charge in [-0.3, -0.25) is 4.79 Å². The Labute approximate surface area is 153 Å². The van der Waals surface area contributed by atoms with Gasteiger partial charge in [-0.25, -0.2) is 21.6 Å². The van der Waals surface area contributed by atoms with E-state index in [0.29, 0.717) is 31.0 Å². The molecule has 1 aromatic carbocycles. The average molecular weight is 409 g/mol. The minimum absolute atomic E-state index is 0.0172. The summed E-state index contributed by atoms with van der Waals surface area (Å²) in [6.07, 6.45) is 2.06. The van der Waals surface area contributed by atoms with E-state index in [0.717, 1.165) is 0 Å². The smallest absolute Gasteiger partial charge is 0.240 e. The first kappa shape index (κ1) is 20.2. The van der Waals surface area contributed by atoms with Crippen molar-refractivity contribution in [3.8, 4) is 0 Å². The topological polar surface area (TPSA) is 101 Å². The van der Waals surface area contributed by atoms with E-state index in [2.05, 4.69) is 4.72 Å². The van der Waals surface area contributed by atoms with E-state index in [1.54, 1.807) is 11.0 Å². The zero-order chi connectivity index (χ0) is 18.7. The van der Waals surface area contributed by atoms with Gasteiger partial charge in [-0.05, 0) is 31.0 Å². The van der Waals surface area contributed by atoms with Crippen LogP contribution in [-0.4, -0.2) is 58.8 Å². The van der Waals surface area contributed by atoms with Crippen LogP contribution in [0.1, 0.15) is 19.3 Å². The van der Waals surface area contributed by atoms with E-state index in [4.69, 9.17) is 11.6 Å². The Morgan fingerprint density at radius 2 is 1.88 bits per heavy atom. The van der Waals surface area contributed by atoms with Gasteiger partial charge in [-0.15, -0.1) is 0 Å². The molecule has 2 rings (SSSR count). The third-order valence-electron chi connectivity index (χ3n) is 4.14. The molecule has 1 saturated heterocycles. The quantitative estimate of drug-likeness (QED) is 0.758.